The van der Waals surface area contributed by atoms with Crippen molar-refractivity contribution in [3.63, 3.8) is 0 Å². The van der Waals surface area contributed by atoms with Crippen molar-refractivity contribution in [2.75, 3.05) is 52.3 Å². The average Bonchev–Trinajstić information content (AvgIpc) is 3.26. The largest absolute Gasteiger partial charge is 0.383 e. The van der Waals surface area contributed by atoms with Crippen molar-refractivity contribution < 1.29 is 9.53 Å². The van der Waals surface area contributed by atoms with Crippen molar-refractivity contribution in [1.29, 1.82) is 0 Å². The monoisotopic (exact) mass is 468 g/mol. The predicted molar refractivity (Wildman–Crippen MR) is 143 cm³/mol. The number of hydrogen-bond acceptors (Lipinski definition) is 4. The Labute approximate surface area is 205 Å². The summed E-state index contributed by atoms with van der Waals surface area (Å²) in [7, 11) is 3.79. The lowest BCUT2D eigenvalue weighted by molar-refractivity contribution is -0.124. The van der Waals surface area contributed by atoms with Crippen molar-refractivity contribution in [1.82, 2.24) is 14.8 Å². The fourth-order valence-electron chi connectivity index (χ4n) is 5.01. The maximum absolute atomic E-state index is 13.3. The molecule has 2 aromatic rings. The molecule has 0 bridgehead atoms. The topological polar surface area (TPSA) is 60.6 Å². The summed E-state index contributed by atoms with van der Waals surface area (Å²) in [4.78, 5) is 21.3. The first-order valence-corrected chi connectivity index (χ1v) is 12.9. The van der Waals surface area contributed by atoms with Crippen molar-refractivity contribution in [3.05, 3.63) is 41.6 Å². The lowest BCUT2D eigenvalue weighted by atomic mass is 9.88. The minimum Gasteiger partial charge on any atom is -0.383 e. The Balaban J connectivity index is 1.80. The number of rotatable bonds is 11. The number of amides is 1. The number of piperazine rings is 1. The Morgan fingerprint density at radius 3 is 2.59 bits per heavy atom. The van der Waals surface area contributed by atoms with Gasteiger partial charge < -0.3 is 19.9 Å². The zero-order chi connectivity index (χ0) is 24.7. The van der Waals surface area contributed by atoms with Crippen molar-refractivity contribution in [2.45, 2.75) is 58.9 Å². The van der Waals surface area contributed by atoms with Crippen molar-refractivity contribution in [2.24, 2.45) is 5.92 Å². The number of hydrogen-bond donors (Lipinski definition) is 2. The molecule has 188 valence electrons. The molecule has 1 aliphatic heterocycles. The van der Waals surface area contributed by atoms with Gasteiger partial charge in [0.2, 0.25) is 5.91 Å². The number of ether oxygens (including phenoxy) is 1. The molecule has 1 aromatic carbocycles. The molecular formula is C28H44N4O2. The van der Waals surface area contributed by atoms with Crippen LogP contribution >= 0.6 is 0 Å². The lowest BCUT2D eigenvalue weighted by Gasteiger charge is -2.36. The summed E-state index contributed by atoms with van der Waals surface area (Å²) >= 11 is 0. The number of carbonyl (C=O) groups excluding carboxylic acids is 1. The third-order valence-electron chi connectivity index (χ3n) is 7.33. The third-order valence-corrected chi connectivity index (χ3v) is 7.33. The van der Waals surface area contributed by atoms with E-state index in [1.54, 1.807) is 7.11 Å². The molecule has 1 fully saturated rings. The van der Waals surface area contributed by atoms with E-state index in [0.29, 0.717) is 18.4 Å². The van der Waals surface area contributed by atoms with E-state index in [9.17, 15) is 4.79 Å². The molecule has 1 amide bonds. The number of aromatic nitrogens is 1. The molecule has 0 saturated carbocycles. The molecule has 3 atom stereocenters. The quantitative estimate of drug-likeness (QED) is 0.443. The Kier molecular flexibility index (Phi) is 9.74. The minimum atomic E-state index is -0.292. The van der Waals surface area contributed by atoms with Gasteiger partial charge in [0, 0.05) is 44.9 Å². The van der Waals surface area contributed by atoms with Gasteiger partial charge in [0.15, 0.2) is 0 Å². The van der Waals surface area contributed by atoms with Gasteiger partial charge in [0.1, 0.15) is 6.04 Å². The summed E-state index contributed by atoms with van der Waals surface area (Å²) in [5.41, 5.74) is 4.63. The van der Waals surface area contributed by atoms with Gasteiger partial charge in [-0.2, -0.15) is 0 Å². The van der Waals surface area contributed by atoms with E-state index in [-0.39, 0.29) is 11.9 Å². The number of para-hydroxylation sites is 1. The number of nitrogens with one attached hydrogen (secondary N) is 2. The smallest absolute Gasteiger partial charge is 0.244 e. The molecule has 1 saturated heterocycles. The van der Waals surface area contributed by atoms with Crippen LogP contribution < -0.4 is 5.32 Å². The second-order valence-electron chi connectivity index (χ2n) is 9.98. The number of benzene rings is 1. The van der Waals surface area contributed by atoms with Gasteiger partial charge in [-0.15, -0.1) is 0 Å². The predicted octanol–water partition coefficient (Wildman–Crippen LogP) is 5.24. The van der Waals surface area contributed by atoms with E-state index < -0.39 is 0 Å². The van der Waals surface area contributed by atoms with Crippen LogP contribution in [-0.2, 0) is 9.53 Å². The van der Waals surface area contributed by atoms with Crippen LogP contribution in [0.4, 0.5) is 5.69 Å². The van der Waals surface area contributed by atoms with Gasteiger partial charge in [-0.3, -0.25) is 9.69 Å². The maximum atomic E-state index is 13.3. The van der Waals surface area contributed by atoms with E-state index in [1.807, 2.05) is 12.1 Å². The van der Waals surface area contributed by atoms with Gasteiger partial charge in [-0.25, -0.2) is 0 Å². The molecule has 34 heavy (non-hydrogen) atoms. The second-order valence-corrected chi connectivity index (χ2v) is 9.98. The fraction of sp³-hybridized carbons (Fsp3) is 0.607. The van der Waals surface area contributed by atoms with Gasteiger partial charge >= 0.3 is 0 Å². The summed E-state index contributed by atoms with van der Waals surface area (Å²) in [5, 5.41) is 4.40. The molecule has 0 aliphatic carbocycles. The normalized spacial score (nSPS) is 18.7. The first-order valence-electron chi connectivity index (χ1n) is 12.9. The summed E-state index contributed by atoms with van der Waals surface area (Å²) < 4.78 is 5.42. The Morgan fingerprint density at radius 2 is 1.94 bits per heavy atom. The van der Waals surface area contributed by atoms with Gasteiger partial charge in [0.05, 0.1) is 17.8 Å². The van der Waals surface area contributed by atoms with E-state index in [2.05, 4.69) is 73.2 Å². The number of likely N-dealkylation sites (N-methyl/N-ethyl adjacent to an activating group) is 1. The van der Waals surface area contributed by atoms with Crippen LogP contribution in [0.1, 0.15) is 58.4 Å². The summed E-state index contributed by atoms with van der Waals surface area (Å²) in [6.45, 7) is 13.1. The molecule has 2 heterocycles. The van der Waals surface area contributed by atoms with Crippen LogP contribution in [0.15, 0.2) is 36.0 Å². The second kappa shape index (κ2) is 12.5. The van der Waals surface area contributed by atoms with Crippen molar-refractivity contribution in [3.8, 4) is 0 Å². The van der Waals surface area contributed by atoms with Crippen molar-refractivity contribution >= 4 is 22.5 Å². The number of carbonyl (C=O) groups is 1. The molecule has 3 rings (SSSR count). The highest BCUT2D eigenvalue weighted by Gasteiger charge is 2.29. The van der Waals surface area contributed by atoms with E-state index in [4.69, 9.17) is 4.74 Å². The Morgan fingerprint density at radius 1 is 1.21 bits per heavy atom. The molecule has 1 aliphatic rings. The number of allylic oxidation sites excluding steroid dienone is 2. The lowest BCUT2D eigenvalue weighted by Crippen LogP contribution is -2.54. The van der Waals surface area contributed by atoms with E-state index >= 15 is 0 Å². The standard InChI is InChI=1S/C28H44N4O2/c1-7-20(3)16-21(4)17-22(8-2)24-18-29-27-23(24)10-9-11-25(27)30-28(33)26(19-34-6)32-14-12-31(5)13-15-32/h9-11,16,18,20,22,26,29H,7-8,12-15,17,19H2,1-6H3,(H,30,33)/b21-16-. The minimum absolute atomic E-state index is 0.00516. The summed E-state index contributed by atoms with van der Waals surface area (Å²) in [5.74, 6) is 1.06. The summed E-state index contributed by atoms with van der Waals surface area (Å²) in [6.07, 6.45) is 7.86. The number of H-pyrrole nitrogens is 1. The number of methoxy groups -OCH3 is 1. The maximum Gasteiger partial charge on any atom is 0.244 e. The molecule has 6 nitrogen and oxygen atoms in total. The van der Waals surface area contributed by atoms with Crippen LogP contribution in [0.3, 0.4) is 0 Å². The van der Waals surface area contributed by atoms with Gasteiger partial charge in [0.25, 0.3) is 0 Å². The van der Waals surface area contributed by atoms with Crippen LogP contribution in [0, 0.1) is 5.92 Å². The molecule has 6 heteroatoms. The average molecular weight is 469 g/mol. The Hall–Kier alpha value is -2.15. The zero-order valence-electron chi connectivity index (χ0n) is 22.0. The Bertz CT molecular complexity index is 958. The van der Waals surface area contributed by atoms with Gasteiger partial charge in [-0.1, -0.05) is 51.0 Å². The first kappa shape index (κ1) is 26.5. The molecule has 0 spiro atoms. The van der Waals surface area contributed by atoms with E-state index in [1.165, 1.54) is 22.9 Å². The first-order chi connectivity index (χ1) is 16.4. The van der Waals surface area contributed by atoms with Crippen LogP contribution in [0.5, 0.6) is 0 Å². The van der Waals surface area contributed by atoms with Crippen LogP contribution in [-0.4, -0.2) is 73.7 Å². The van der Waals surface area contributed by atoms with Gasteiger partial charge in [-0.05, 0) is 50.3 Å². The van der Waals surface area contributed by atoms with Crippen LogP contribution in [0.25, 0.3) is 10.9 Å². The van der Waals surface area contributed by atoms with E-state index in [0.717, 1.165) is 50.2 Å². The summed E-state index contributed by atoms with van der Waals surface area (Å²) in [6, 6.07) is 5.91. The SMILES string of the molecule is CCC(C)/C=C(/C)CC(CC)c1c[nH]c2c(NC(=O)C(COC)N3CCN(C)CC3)cccc12. The van der Waals surface area contributed by atoms with Crippen LogP contribution in [0.2, 0.25) is 0 Å². The highest BCUT2D eigenvalue weighted by atomic mass is 16.5. The molecule has 3 unspecified atom stereocenters. The molecule has 0 radical (unpaired) electrons. The number of fused-ring (bicyclic) bond motifs is 1. The fourth-order valence-corrected chi connectivity index (χ4v) is 5.01. The third kappa shape index (κ3) is 6.49. The number of anilines is 1. The number of aromatic amines is 1. The number of nitrogens with zero attached hydrogens (tertiary/aromatic N) is 2. The highest BCUT2D eigenvalue weighted by molar-refractivity contribution is 6.03. The zero-order valence-corrected chi connectivity index (χ0v) is 22.0. The highest BCUT2D eigenvalue weighted by Crippen LogP contribution is 2.35. The molecule has 1 aromatic heterocycles. The molecular weight excluding hydrogens is 424 g/mol. The molecule has 2 N–H and O–H groups in total.